The van der Waals surface area contributed by atoms with Crippen LogP contribution in [0.3, 0.4) is 0 Å². The summed E-state index contributed by atoms with van der Waals surface area (Å²) in [5.74, 6) is 8.66. The maximum Gasteiger partial charge on any atom is 0.410 e. The highest BCUT2D eigenvalue weighted by Gasteiger charge is 2.42. The second-order valence-corrected chi connectivity index (χ2v) is 20.8. The van der Waals surface area contributed by atoms with Gasteiger partial charge in [-0.15, -0.1) is 0 Å². The van der Waals surface area contributed by atoms with E-state index >= 15 is 0 Å². The molecule has 9 unspecified atom stereocenters. The third kappa shape index (κ3) is 18.3. The maximum absolute atomic E-state index is 14.2. The van der Waals surface area contributed by atoms with Gasteiger partial charge in [-0.05, 0) is 61.8 Å². The number of hydrogen-bond acceptors (Lipinski definition) is 14. The average molecular weight is 970 g/mol. The van der Waals surface area contributed by atoms with Crippen molar-refractivity contribution in [2.45, 2.75) is 149 Å². The number of amides is 5. The summed E-state index contributed by atoms with van der Waals surface area (Å²) in [7, 11) is 10.4. The zero-order valence-electron chi connectivity index (χ0n) is 42.2. The molecule has 0 spiro atoms. The van der Waals surface area contributed by atoms with E-state index in [1.807, 2.05) is 45.9 Å². The molecule has 1 aromatic rings. The molecule has 1 aliphatic rings. The van der Waals surface area contributed by atoms with Crippen LogP contribution in [0.25, 0.3) is 0 Å². The number of nitrogens with one attached hydrogen (secondary N) is 2. The minimum Gasteiger partial charge on any atom is -0.448 e. The standard InChI is InChI=1S/C43H75N9O9S2.C3H8/c1-14-27(4)36(49(9)34(54)24-46-40(57)35(26(2)3)50(10)42(58)61-25-43(7,8)63-62-41(48-44)51(11)45)32(59-12)23-33(53)52-22-18-21-31(52)38(60-13)28(5)39(56)47-29(6)37(55)30-19-16-15-17-20-30;1-3-2/h15-17,19-20,26-29,31-32,35-38,55H,14,18,21-25,44-45H2,1-13H3,(H,46,57)(H,47,56);3H2,1-2H3/b48-41+;. The zero-order valence-corrected chi connectivity index (χ0v) is 43.9. The van der Waals surface area contributed by atoms with Crippen molar-refractivity contribution in [3.05, 3.63) is 35.9 Å². The van der Waals surface area contributed by atoms with Gasteiger partial charge in [0.05, 0.1) is 60.1 Å². The fourth-order valence-electron chi connectivity index (χ4n) is 7.81. The van der Waals surface area contributed by atoms with E-state index in [0.29, 0.717) is 30.1 Å². The van der Waals surface area contributed by atoms with Crippen LogP contribution < -0.4 is 22.3 Å². The van der Waals surface area contributed by atoms with Gasteiger partial charge in [0.1, 0.15) is 12.6 Å². The van der Waals surface area contributed by atoms with Gasteiger partial charge in [-0.25, -0.2) is 10.6 Å². The summed E-state index contributed by atoms with van der Waals surface area (Å²) in [6, 6.07) is 6.67. The number of nitrogens with two attached hydrogens (primary N) is 2. The molecule has 0 aliphatic carbocycles. The van der Waals surface area contributed by atoms with Crippen molar-refractivity contribution in [2.75, 3.05) is 55.1 Å². The summed E-state index contributed by atoms with van der Waals surface area (Å²) in [6.45, 7) is 19.2. The number of carbonyl (C=O) groups excluding carboxylic acids is 5. The predicted octanol–water partition coefficient (Wildman–Crippen LogP) is 4.97. The van der Waals surface area contributed by atoms with E-state index < -0.39 is 65.0 Å². The molecule has 0 bridgehead atoms. The number of hydrazine groups is 1. The first-order chi connectivity index (χ1) is 31.0. The number of aliphatic hydroxyl groups excluding tert-OH is 1. The molecule has 0 saturated carbocycles. The smallest absolute Gasteiger partial charge is 0.410 e. The Bertz CT molecular complexity index is 1680. The number of hydrazone groups is 1. The van der Waals surface area contributed by atoms with Gasteiger partial charge in [-0.3, -0.25) is 29.1 Å². The highest BCUT2D eigenvalue weighted by molar-refractivity contribution is 8.82. The predicted molar refractivity (Wildman–Crippen MR) is 265 cm³/mol. The van der Waals surface area contributed by atoms with Crippen molar-refractivity contribution in [1.82, 2.24) is 30.3 Å². The van der Waals surface area contributed by atoms with Gasteiger partial charge in [-0.1, -0.05) is 102 Å². The summed E-state index contributed by atoms with van der Waals surface area (Å²) in [4.78, 5) is 72.8. The van der Waals surface area contributed by atoms with Crippen molar-refractivity contribution in [2.24, 2.45) is 34.5 Å². The van der Waals surface area contributed by atoms with Crippen LogP contribution in [0, 0.1) is 17.8 Å². The molecule has 1 fully saturated rings. The lowest BCUT2D eigenvalue weighted by Crippen LogP contribution is -2.56. The fourth-order valence-corrected chi connectivity index (χ4v) is 9.91. The SMILES string of the molecule is CCC.CCC(C)C(C(CC(=O)N1CCCC1C(OC)C(C)C(=O)NC(C)C(O)c1ccccc1)OC)N(C)C(=O)CNC(=O)C(C(C)C)N(C)C(=O)OCC(C)(C)SS/C(=N/N)N(C)N. The van der Waals surface area contributed by atoms with Crippen LogP contribution in [-0.4, -0.2) is 156 Å². The molecule has 1 aromatic carbocycles. The van der Waals surface area contributed by atoms with Crippen molar-refractivity contribution >= 4 is 56.5 Å². The first-order valence-corrected chi connectivity index (χ1v) is 25.1. The number of nitrogens with zero attached hydrogens (tertiary/aromatic N) is 5. The topological polar surface area (TPSA) is 235 Å². The summed E-state index contributed by atoms with van der Waals surface area (Å²) >= 11 is 0. The minimum absolute atomic E-state index is 0.0121. The van der Waals surface area contributed by atoms with E-state index in [0.717, 1.165) is 6.42 Å². The summed E-state index contributed by atoms with van der Waals surface area (Å²) in [5.41, 5.74) is 0.689. The molecule has 0 radical (unpaired) electrons. The second kappa shape index (κ2) is 29.8. The third-order valence-corrected chi connectivity index (χ3v) is 14.9. The molecule has 0 aromatic heterocycles. The van der Waals surface area contributed by atoms with Crippen molar-refractivity contribution < 1.29 is 43.3 Å². The van der Waals surface area contributed by atoms with Crippen molar-refractivity contribution in [3.8, 4) is 0 Å². The number of methoxy groups -OCH3 is 2. The van der Waals surface area contributed by atoms with Crippen LogP contribution in [0.15, 0.2) is 35.4 Å². The molecule has 9 atom stereocenters. The number of aliphatic hydroxyl groups is 1. The Morgan fingerprint density at radius 1 is 0.970 bits per heavy atom. The Kier molecular flexibility index (Phi) is 27.2. The molecule has 5 amide bonds. The Balaban J connectivity index is 0.00000705. The molecule has 1 saturated heterocycles. The van der Waals surface area contributed by atoms with Gasteiger partial charge in [0.2, 0.25) is 28.8 Å². The molecule has 378 valence electrons. The fraction of sp³-hybridized carbons (Fsp3) is 0.739. The quantitative estimate of drug-likeness (QED) is 0.0321. The summed E-state index contributed by atoms with van der Waals surface area (Å²) < 4.78 is 16.9. The highest BCUT2D eigenvalue weighted by atomic mass is 33.1. The molecule has 66 heavy (non-hydrogen) atoms. The van der Waals surface area contributed by atoms with Crippen LogP contribution in [0.5, 0.6) is 0 Å². The number of amidine groups is 1. The van der Waals surface area contributed by atoms with Gasteiger partial charge in [0.25, 0.3) is 0 Å². The lowest BCUT2D eigenvalue weighted by atomic mass is 9.90. The number of ether oxygens (including phenoxy) is 3. The third-order valence-electron chi connectivity index (χ3n) is 11.6. The Morgan fingerprint density at radius 3 is 2.09 bits per heavy atom. The molecule has 7 N–H and O–H groups in total. The normalized spacial score (nSPS) is 17.8. The number of benzene rings is 1. The number of carbonyl (C=O) groups is 5. The van der Waals surface area contributed by atoms with Gasteiger partial charge in [0.15, 0.2) is 0 Å². The molecular weight excluding hydrogens is 887 g/mol. The van der Waals surface area contributed by atoms with Crippen LogP contribution in [-0.2, 0) is 33.4 Å². The van der Waals surface area contributed by atoms with Gasteiger partial charge in [0, 0.05) is 41.9 Å². The number of likely N-dealkylation sites (tertiary alicyclic amines) is 1. The molecular formula is C46H83N9O9S2. The van der Waals surface area contributed by atoms with Gasteiger partial charge in [-0.2, -0.15) is 5.10 Å². The molecule has 2 rings (SSSR count). The maximum atomic E-state index is 14.2. The number of likely N-dealkylation sites (N-methyl/N-ethyl adjacent to an activating group) is 2. The molecule has 18 nitrogen and oxygen atoms in total. The van der Waals surface area contributed by atoms with Gasteiger partial charge < -0.3 is 45.6 Å². The summed E-state index contributed by atoms with van der Waals surface area (Å²) in [6.07, 6.45) is 0.313. The van der Waals surface area contributed by atoms with E-state index in [1.54, 1.807) is 58.8 Å². The largest absolute Gasteiger partial charge is 0.448 e. The van der Waals surface area contributed by atoms with Crippen LogP contribution in [0.2, 0.25) is 0 Å². The first-order valence-electron chi connectivity index (χ1n) is 22.9. The lowest BCUT2D eigenvalue weighted by Gasteiger charge is -2.39. The van der Waals surface area contributed by atoms with Crippen LogP contribution >= 0.6 is 21.6 Å². The Hall–Kier alpha value is -3.82. The lowest BCUT2D eigenvalue weighted by molar-refractivity contribution is -0.146. The van der Waals surface area contributed by atoms with E-state index in [1.165, 1.54) is 64.1 Å². The van der Waals surface area contributed by atoms with E-state index in [-0.39, 0.29) is 49.3 Å². The summed E-state index contributed by atoms with van der Waals surface area (Å²) in [5, 5.41) is 21.8. The second-order valence-electron chi connectivity index (χ2n) is 18.0. The zero-order chi connectivity index (χ0) is 50.5. The average Bonchev–Trinajstić information content (AvgIpc) is 3.77. The van der Waals surface area contributed by atoms with Crippen molar-refractivity contribution in [1.29, 1.82) is 0 Å². The Morgan fingerprint density at radius 2 is 1.58 bits per heavy atom. The van der Waals surface area contributed by atoms with Gasteiger partial charge >= 0.3 is 6.09 Å². The monoisotopic (exact) mass is 970 g/mol. The minimum atomic E-state index is -0.945. The first kappa shape index (κ1) is 60.2. The number of hydrogen-bond donors (Lipinski definition) is 5. The molecule has 20 heteroatoms. The highest BCUT2D eigenvalue weighted by Crippen LogP contribution is 2.37. The van der Waals surface area contributed by atoms with Crippen molar-refractivity contribution in [3.63, 3.8) is 0 Å². The van der Waals surface area contributed by atoms with E-state index in [4.69, 9.17) is 25.9 Å². The van der Waals surface area contributed by atoms with Crippen LogP contribution in [0.4, 0.5) is 4.79 Å². The molecule has 1 aliphatic heterocycles. The number of rotatable bonds is 23. The van der Waals surface area contributed by atoms with E-state index in [9.17, 15) is 29.1 Å². The molecule has 1 heterocycles. The van der Waals surface area contributed by atoms with Crippen LogP contribution in [0.1, 0.15) is 113 Å². The Labute approximate surface area is 402 Å². The van der Waals surface area contributed by atoms with E-state index in [2.05, 4.69) is 29.6 Å².